The Hall–Kier alpha value is -2.75. The molecule has 1 fully saturated rings. The second-order valence-corrected chi connectivity index (χ2v) is 10.2. The molecule has 0 saturated carbocycles. The van der Waals surface area contributed by atoms with Crippen LogP contribution in [0.2, 0.25) is 0 Å². The number of benzene rings is 2. The van der Waals surface area contributed by atoms with Crippen LogP contribution >= 0.6 is 0 Å². The number of halogens is 4. The molecule has 38 heavy (non-hydrogen) atoms. The Bertz CT molecular complexity index is 1220. The van der Waals surface area contributed by atoms with Crippen molar-refractivity contribution in [3.63, 3.8) is 0 Å². The lowest BCUT2D eigenvalue weighted by Crippen LogP contribution is -2.42. The molecule has 0 amide bonds. The fraction of sp³-hybridized carbons (Fsp3) is 0.483. The minimum atomic E-state index is -1.27. The number of alkyl halides is 1. The van der Waals surface area contributed by atoms with E-state index in [9.17, 15) is 18.3 Å². The summed E-state index contributed by atoms with van der Waals surface area (Å²) in [5.74, 6) is -2.03. The number of methoxy groups -OCH3 is 1. The van der Waals surface area contributed by atoms with Gasteiger partial charge in [-0.3, -0.25) is 4.98 Å². The van der Waals surface area contributed by atoms with Gasteiger partial charge in [-0.2, -0.15) is 0 Å². The highest BCUT2D eigenvalue weighted by Crippen LogP contribution is 2.41. The summed E-state index contributed by atoms with van der Waals surface area (Å²) in [6.45, 7) is 2.18. The predicted octanol–water partition coefficient (Wildman–Crippen LogP) is 5.62. The summed E-state index contributed by atoms with van der Waals surface area (Å²) < 4.78 is 62.1. The Labute approximate surface area is 220 Å². The van der Waals surface area contributed by atoms with E-state index < -0.39 is 23.6 Å². The van der Waals surface area contributed by atoms with E-state index in [1.807, 2.05) is 0 Å². The number of rotatable bonds is 11. The minimum absolute atomic E-state index is 0.0335. The van der Waals surface area contributed by atoms with Crippen molar-refractivity contribution < 1.29 is 27.4 Å². The van der Waals surface area contributed by atoms with Crippen molar-refractivity contribution >= 4 is 10.9 Å². The third kappa shape index (κ3) is 6.27. The van der Waals surface area contributed by atoms with Crippen molar-refractivity contribution in [3.05, 3.63) is 70.7 Å². The molecule has 0 bridgehead atoms. The summed E-state index contributed by atoms with van der Waals surface area (Å²) in [7, 11) is 1.56. The first kappa shape index (κ1) is 28.3. The van der Waals surface area contributed by atoms with E-state index in [1.165, 1.54) is 0 Å². The van der Waals surface area contributed by atoms with Crippen LogP contribution in [0.5, 0.6) is 5.75 Å². The Morgan fingerprint density at radius 2 is 1.84 bits per heavy atom. The number of ether oxygens (including phenoxy) is 1. The quantitative estimate of drug-likeness (QED) is 0.313. The number of piperidine rings is 1. The van der Waals surface area contributed by atoms with Crippen LogP contribution in [0.1, 0.15) is 55.0 Å². The fourth-order valence-electron chi connectivity index (χ4n) is 5.50. The second kappa shape index (κ2) is 12.4. The number of aromatic nitrogens is 1. The van der Waals surface area contributed by atoms with E-state index in [0.717, 1.165) is 0 Å². The maximum Gasteiger partial charge on any atom is 0.132 e. The largest absolute Gasteiger partial charge is 0.497 e. The van der Waals surface area contributed by atoms with E-state index in [2.05, 4.69) is 9.88 Å². The smallest absolute Gasteiger partial charge is 0.132 e. The van der Waals surface area contributed by atoms with Crippen LogP contribution in [0, 0.1) is 22.9 Å². The summed E-state index contributed by atoms with van der Waals surface area (Å²) in [6.07, 6.45) is 3.22. The molecule has 9 heteroatoms. The Balaban J connectivity index is 1.35. The maximum atomic E-state index is 15.8. The van der Waals surface area contributed by atoms with Gasteiger partial charge >= 0.3 is 0 Å². The van der Waals surface area contributed by atoms with Gasteiger partial charge in [0, 0.05) is 48.0 Å². The SMILES string of the molecule is COc1ccc2ncc(CN)c([C@@H](F)CCC3(CO)CCN(CCCc4c(F)cc(F)cc4F)CC3)c2c1. The van der Waals surface area contributed by atoms with Gasteiger partial charge in [-0.05, 0) is 87.3 Å². The number of aliphatic hydroxyl groups excluding tert-OH is 1. The molecule has 2 aromatic carbocycles. The van der Waals surface area contributed by atoms with Gasteiger partial charge < -0.3 is 20.5 Å². The van der Waals surface area contributed by atoms with Gasteiger partial charge in [-0.15, -0.1) is 0 Å². The van der Waals surface area contributed by atoms with Gasteiger partial charge in [0.25, 0.3) is 0 Å². The van der Waals surface area contributed by atoms with Crippen LogP contribution in [-0.2, 0) is 13.0 Å². The summed E-state index contributed by atoms with van der Waals surface area (Å²) >= 11 is 0. The van der Waals surface area contributed by atoms with Gasteiger partial charge in [0.2, 0.25) is 0 Å². The number of hydrogen-bond acceptors (Lipinski definition) is 5. The summed E-state index contributed by atoms with van der Waals surface area (Å²) in [5.41, 5.74) is 7.28. The minimum Gasteiger partial charge on any atom is -0.497 e. The Kier molecular flexibility index (Phi) is 9.23. The van der Waals surface area contributed by atoms with Crippen LogP contribution in [-0.4, -0.2) is 48.3 Å². The molecule has 2 heterocycles. The number of hydrogen-bond donors (Lipinski definition) is 2. The van der Waals surface area contributed by atoms with Gasteiger partial charge in [0.1, 0.15) is 29.4 Å². The van der Waals surface area contributed by atoms with E-state index in [-0.39, 0.29) is 37.0 Å². The first-order chi connectivity index (χ1) is 18.3. The molecule has 4 rings (SSSR count). The predicted molar refractivity (Wildman–Crippen MR) is 139 cm³/mol. The molecular weight excluding hydrogens is 498 g/mol. The number of aliphatic hydroxyl groups is 1. The third-order valence-electron chi connectivity index (χ3n) is 7.92. The molecule has 0 radical (unpaired) electrons. The lowest BCUT2D eigenvalue weighted by atomic mass is 9.74. The number of nitrogens with zero attached hydrogens (tertiary/aromatic N) is 2. The maximum absolute atomic E-state index is 15.8. The number of fused-ring (bicyclic) bond motifs is 1. The van der Waals surface area contributed by atoms with Crippen LogP contribution in [0.15, 0.2) is 36.5 Å². The summed E-state index contributed by atoms with van der Waals surface area (Å²) in [5, 5.41) is 10.9. The van der Waals surface area contributed by atoms with Gasteiger partial charge in [0.05, 0.1) is 12.6 Å². The Morgan fingerprint density at radius 3 is 2.47 bits per heavy atom. The lowest BCUT2D eigenvalue weighted by Gasteiger charge is -2.41. The molecule has 1 saturated heterocycles. The normalized spacial score (nSPS) is 16.6. The Morgan fingerprint density at radius 1 is 1.13 bits per heavy atom. The average Bonchev–Trinajstić information content (AvgIpc) is 2.92. The van der Waals surface area contributed by atoms with Gasteiger partial charge in [0.15, 0.2) is 0 Å². The molecule has 3 N–H and O–H groups in total. The molecule has 206 valence electrons. The van der Waals surface area contributed by atoms with E-state index in [4.69, 9.17) is 10.5 Å². The molecule has 1 atom stereocenters. The van der Waals surface area contributed by atoms with Crippen molar-refractivity contribution in [1.82, 2.24) is 9.88 Å². The number of nitrogens with two attached hydrogens (primary N) is 1. The lowest BCUT2D eigenvalue weighted by molar-refractivity contribution is 0.0299. The zero-order valence-electron chi connectivity index (χ0n) is 21.7. The first-order valence-corrected chi connectivity index (χ1v) is 13.1. The topological polar surface area (TPSA) is 71.6 Å². The summed E-state index contributed by atoms with van der Waals surface area (Å²) in [4.78, 5) is 6.60. The zero-order chi connectivity index (χ0) is 27.3. The van der Waals surface area contributed by atoms with Crippen molar-refractivity contribution in [1.29, 1.82) is 0 Å². The highest BCUT2D eigenvalue weighted by Gasteiger charge is 2.35. The monoisotopic (exact) mass is 533 g/mol. The van der Waals surface area contributed by atoms with E-state index >= 15 is 4.39 Å². The molecule has 1 aliphatic rings. The van der Waals surface area contributed by atoms with Gasteiger partial charge in [-0.1, -0.05) is 0 Å². The van der Waals surface area contributed by atoms with Crippen LogP contribution in [0.25, 0.3) is 10.9 Å². The fourth-order valence-corrected chi connectivity index (χ4v) is 5.50. The highest BCUT2D eigenvalue weighted by molar-refractivity contribution is 5.85. The molecule has 0 unspecified atom stereocenters. The van der Waals surface area contributed by atoms with Crippen molar-refractivity contribution in [2.24, 2.45) is 11.1 Å². The van der Waals surface area contributed by atoms with E-state index in [0.29, 0.717) is 85.2 Å². The molecule has 5 nitrogen and oxygen atoms in total. The van der Waals surface area contributed by atoms with Crippen LogP contribution < -0.4 is 10.5 Å². The number of likely N-dealkylation sites (tertiary alicyclic amines) is 1. The first-order valence-electron chi connectivity index (χ1n) is 13.1. The molecule has 0 spiro atoms. The van der Waals surface area contributed by atoms with Crippen LogP contribution in [0.4, 0.5) is 17.6 Å². The summed E-state index contributed by atoms with van der Waals surface area (Å²) in [6, 6.07) is 6.78. The highest BCUT2D eigenvalue weighted by atomic mass is 19.1. The number of pyridine rings is 1. The standard InChI is InChI=1S/C29H35F4N3O2/c1-38-21-4-5-27-23(15-21)28(19(16-34)17-35-27)24(31)6-7-29(18-37)8-11-36(12-9-29)10-2-3-22-25(32)13-20(30)14-26(22)33/h4-5,13-15,17,24,37H,2-3,6-12,16,18,34H2,1H3/t24-/m0/s1. The molecule has 1 aromatic heterocycles. The zero-order valence-corrected chi connectivity index (χ0v) is 21.7. The van der Waals surface area contributed by atoms with Gasteiger partial charge in [-0.25, -0.2) is 17.6 Å². The molecular formula is C29H35F4N3O2. The van der Waals surface area contributed by atoms with Crippen molar-refractivity contribution in [2.75, 3.05) is 33.4 Å². The van der Waals surface area contributed by atoms with Crippen molar-refractivity contribution in [2.45, 2.75) is 51.2 Å². The molecule has 3 aromatic rings. The molecule has 1 aliphatic heterocycles. The second-order valence-electron chi connectivity index (χ2n) is 10.2. The van der Waals surface area contributed by atoms with Crippen molar-refractivity contribution in [3.8, 4) is 5.75 Å². The van der Waals surface area contributed by atoms with E-state index in [1.54, 1.807) is 31.5 Å². The molecule has 0 aliphatic carbocycles. The van der Waals surface area contributed by atoms with Crippen LogP contribution in [0.3, 0.4) is 0 Å². The average molecular weight is 534 g/mol. The third-order valence-corrected chi connectivity index (χ3v) is 7.92.